The maximum atomic E-state index is 12.1. The normalized spacial score (nSPS) is 18.5. The van der Waals surface area contributed by atoms with Gasteiger partial charge in [0, 0.05) is 32.4 Å². The van der Waals surface area contributed by atoms with Crippen LogP contribution in [0.1, 0.15) is 32.9 Å². The van der Waals surface area contributed by atoms with Crippen molar-refractivity contribution in [2.24, 2.45) is 5.92 Å². The Hall–Kier alpha value is -1.40. The molecular weight excluding hydrogens is 316 g/mol. The standard InChI is InChI=1S/C16H25ClN4O2/c1-16(2,3)23-15(22)21-8-6-12(10-21)9-20(4)11-13-5-7-18-14(17)19-13/h5,7,12H,6,8-11H2,1-4H3. The van der Waals surface area contributed by atoms with Gasteiger partial charge in [-0.15, -0.1) is 0 Å². The molecule has 23 heavy (non-hydrogen) atoms. The average molecular weight is 341 g/mol. The Morgan fingerprint density at radius 1 is 1.52 bits per heavy atom. The van der Waals surface area contributed by atoms with E-state index in [1.165, 1.54) is 0 Å². The van der Waals surface area contributed by atoms with E-state index in [1.807, 2.05) is 33.9 Å². The molecule has 1 unspecified atom stereocenters. The molecule has 1 atom stereocenters. The van der Waals surface area contributed by atoms with E-state index < -0.39 is 5.60 Å². The van der Waals surface area contributed by atoms with Gasteiger partial charge in [-0.3, -0.25) is 0 Å². The van der Waals surface area contributed by atoms with Gasteiger partial charge in [-0.2, -0.15) is 0 Å². The Morgan fingerprint density at radius 3 is 2.91 bits per heavy atom. The van der Waals surface area contributed by atoms with Crippen molar-refractivity contribution in [3.05, 3.63) is 23.2 Å². The summed E-state index contributed by atoms with van der Waals surface area (Å²) in [6, 6.07) is 1.87. The highest BCUT2D eigenvalue weighted by Gasteiger charge is 2.30. The lowest BCUT2D eigenvalue weighted by atomic mass is 10.1. The fraction of sp³-hybridized carbons (Fsp3) is 0.688. The van der Waals surface area contributed by atoms with Crippen molar-refractivity contribution in [3.8, 4) is 0 Å². The Morgan fingerprint density at radius 2 is 2.26 bits per heavy atom. The molecule has 1 aliphatic rings. The molecule has 7 heteroatoms. The number of rotatable bonds is 4. The van der Waals surface area contributed by atoms with E-state index in [2.05, 4.69) is 14.9 Å². The van der Waals surface area contributed by atoms with Crippen LogP contribution in [-0.2, 0) is 11.3 Å². The summed E-state index contributed by atoms with van der Waals surface area (Å²) in [7, 11) is 2.05. The van der Waals surface area contributed by atoms with E-state index >= 15 is 0 Å². The van der Waals surface area contributed by atoms with Crippen LogP contribution in [0.15, 0.2) is 12.3 Å². The van der Waals surface area contributed by atoms with E-state index in [0.717, 1.165) is 31.7 Å². The zero-order valence-corrected chi connectivity index (χ0v) is 15.0. The lowest BCUT2D eigenvalue weighted by Gasteiger charge is -2.25. The third kappa shape index (κ3) is 5.95. The number of halogens is 1. The van der Waals surface area contributed by atoms with Crippen LogP contribution in [-0.4, -0.2) is 58.1 Å². The lowest BCUT2D eigenvalue weighted by Crippen LogP contribution is -2.36. The van der Waals surface area contributed by atoms with Crippen LogP contribution in [0, 0.1) is 5.92 Å². The summed E-state index contributed by atoms with van der Waals surface area (Å²) >= 11 is 5.81. The molecule has 2 rings (SSSR count). The van der Waals surface area contributed by atoms with Gasteiger partial charge in [0.25, 0.3) is 0 Å². The summed E-state index contributed by atoms with van der Waals surface area (Å²) in [6.07, 6.45) is 2.44. The van der Waals surface area contributed by atoms with Crippen LogP contribution < -0.4 is 0 Å². The van der Waals surface area contributed by atoms with Crippen molar-refractivity contribution in [2.75, 3.05) is 26.7 Å². The molecule has 0 radical (unpaired) electrons. The highest BCUT2D eigenvalue weighted by Crippen LogP contribution is 2.20. The number of aromatic nitrogens is 2. The molecular formula is C16H25ClN4O2. The highest BCUT2D eigenvalue weighted by atomic mass is 35.5. The van der Waals surface area contributed by atoms with Crippen LogP contribution in [0.5, 0.6) is 0 Å². The first kappa shape index (κ1) is 17.9. The minimum atomic E-state index is -0.446. The average Bonchev–Trinajstić information content (AvgIpc) is 2.85. The quantitative estimate of drug-likeness (QED) is 0.789. The van der Waals surface area contributed by atoms with Crippen molar-refractivity contribution in [1.29, 1.82) is 0 Å². The first-order chi connectivity index (χ1) is 10.7. The molecule has 1 aromatic heterocycles. The number of amides is 1. The molecule has 0 aliphatic carbocycles. The Kier molecular flexibility index (Phi) is 5.81. The topological polar surface area (TPSA) is 58.6 Å². The first-order valence-electron chi connectivity index (χ1n) is 7.87. The lowest BCUT2D eigenvalue weighted by molar-refractivity contribution is 0.0285. The maximum absolute atomic E-state index is 12.1. The van der Waals surface area contributed by atoms with Gasteiger partial charge in [0.05, 0.1) is 5.69 Å². The molecule has 2 heterocycles. The van der Waals surface area contributed by atoms with Gasteiger partial charge in [-0.1, -0.05) is 0 Å². The summed E-state index contributed by atoms with van der Waals surface area (Å²) < 4.78 is 5.43. The molecule has 1 fully saturated rings. The molecule has 0 bridgehead atoms. The molecule has 128 valence electrons. The van der Waals surface area contributed by atoms with E-state index in [4.69, 9.17) is 16.3 Å². The molecule has 0 saturated carbocycles. The van der Waals surface area contributed by atoms with Crippen LogP contribution in [0.4, 0.5) is 4.79 Å². The zero-order valence-electron chi connectivity index (χ0n) is 14.3. The SMILES string of the molecule is CN(Cc1ccnc(Cl)n1)CC1CCN(C(=O)OC(C)(C)C)C1. The predicted molar refractivity (Wildman–Crippen MR) is 89.3 cm³/mol. The molecule has 1 saturated heterocycles. The second kappa shape index (κ2) is 7.45. The van der Waals surface area contributed by atoms with Gasteiger partial charge in [-0.05, 0) is 57.8 Å². The monoisotopic (exact) mass is 340 g/mol. The van der Waals surface area contributed by atoms with Gasteiger partial charge >= 0.3 is 6.09 Å². The number of carbonyl (C=O) groups excluding carboxylic acids is 1. The second-order valence-electron chi connectivity index (χ2n) is 7.09. The number of hydrogen-bond acceptors (Lipinski definition) is 5. The second-order valence-corrected chi connectivity index (χ2v) is 7.43. The predicted octanol–water partition coefficient (Wildman–Crippen LogP) is 2.82. The molecule has 1 aliphatic heterocycles. The molecule has 6 nitrogen and oxygen atoms in total. The van der Waals surface area contributed by atoms with Crippen molar-refractivity contribution in [2.45, 2.75) is 39.3 Å². The van der Waals surface area contributed by atoms with Crippen molar-refractivity contribution in [3.63, 3.8) is 0 Å². The van der Waals surface area contributed by atoms with Gasteiger partial charge in [0.1, 0.15) is 5.60 Å². The minimum Gasteiger partial charge on any atom is -0.444 e. The van der Waals surface area contributed by atoms with Crippen molar-refractivity contribution in [1.82, 2.24) is 19.8 Å². The molecule has 0 spiro atoms. The number of ether oxygens (including phenoxy) is 1. The fourth-order valence-corrected chi connectivity index (χ4v) is 2.88. The Balaban J connectivity index is 1.79. The first-order valence-corrected chi connectivity index (χ1v) is 8.24. The summed E-state index contributed by atoms with van der Waals surface area (Å²) in [4.78, 5) is 24.2. The fourth-order valence-electron chi connectivity index (χ4n) is 2.71. The van der Waals surface area contributed by atoms with Crippen LogP contribution in [0.3, 0.4) is 0 Å². The molecule has 1 amide bonds. The number of nitrogens with zero attached hydrogens (tertiary/aromatic N) is 4. The van der Waals surface area contributed by atoms with E-state index in [1.54, 1.807) is 11.1 Å². The summed E-state index contributed by atoms with van der Waals surface area (Å²) in [5, 5.41) is 0.271. The number of hydrogen-bond donors (Lipinski definition) is 0. The van der Waals surface area contributed by atoms with Crippen LogP contribution in [0.25, 0.3) is 0 Å². The van der Waals surface area contributed by atoms with Crippen LogP contribution in [0.2, 0.25) is 5.28 Å². The van der Waals surface area contributed by atoms with Crippen molar-refractivity contribution < 1.29 is 9.53 Å². The molecule has 0 aromatic carbocycles. The summed E-state index contributed by atoms with van der Waals surface area (Å²) in [6.45, 7) is 8.78. The van der Waals surface area contributed by atoms with Gasteiger partial charge < -0.3 is 14.5 Å². The number of carbonyl (C=O) groups is 1. The highest BCUT2D eigenvalue weighted by molar-refractivity contribution is 6.28. The summed E-state index contributed by atoms with van der Waals surface area (Å²) in [5.74, 6) is 0.449. The van der Waals surface area contributed by atoms with E-state index in [9.17, 15) is 4.79 Å². The van der Waals surface area contributed by atoms with Gasteiger partial charge in [-0.25, -0.2) is 14.8 Å². The van der Waals surface area contributed by atoms with Crippen molar-refractivity contribution >= 4 is 17.7 Å². The minimum absolute atomic E-state index is 0.217. The number of likely N-dealkylation sites (tertiary alicyclic amines) is 1. The molecule has 1 aromatic rings. The van der Waals surface area contributed by atoms with Gasteiger partial charge in [0.2, 0.25) is 5.28 Å². The van der Waals surface area contributed by atoms with E-state index in [-0.39, 0.29) is 11.4 Å². The largest absolute Gasteiger partial charge is 0.444 e. The molecule has 0 N–H and O–H groups in total. The zero-order chi connectivity index (χ0) is 17.0. The van der Waals surface area contributed by atoms with E-state index in [0.29, 0.717) is 12.5 Å². The van der Waals surface area contributed by atoms with Gasteiger partial charge in [0.15, 0.2) is 0 Å². The Labute approximate surface area is 142 Å². The van der Waals surface area contributed by atoms with Crippen LogP contribution >= 0.6 is 11.6 Å². The maximum Gasteiger partial charge on any atom is 0.410 e. The Bertz CT molecular complexity index is 547. The third-order valence-corrected chi connectivity index (χ3v) is 3.81. The third-order valence-electron chi connectivity index (χ3n) is 3.62. The smallest absolute Gasteiger partial charge is 0.410 e. The summed E-state index contributed by atoms with van der Waals surface area (Å²) in [5.41, 5.74) is 0.451.